The Kier molecular flexibility index (Phi) is 4.77. The third-order valence-corrected chi connectivity index (χ3v) is 3.91. The Bertz CT molecular complexity index is 942. The van der Waals surface area contributed by atoms with Gasteiger partial charge in [-0.2, -0.15) is 0 Å². The number of hydrogen-bond acceptors (Lipinski definition) is 4. The lowest BCUT2D eigenvalue weighted by molar-refractivity contribution is -0.274. The van der Waals surface area contributed by atoms with Gasteiger partial charge in [-0.25, -0.2) is 4.98 Å². The highest BCUT2D eigenvalue weighted by molar-refractivity contribution is 5.80. The highest BCUT2D eigenvalue weighted by atomic mass is 19.4. The van der Waals surface area contributed by atoms with Crippen molar-refractivity contribution in [1.82, 2.24) is 9.97 Å². The number of halogens is 3. The molecule has 2 aromatic carbocycles. The summed E-state index contributed by atoms with van der Waals surface area (Å²) in [6, 6.07) is 9.27. The first kappa shape index (κ1) is 19.0. The SMILES string of the molecule is Cc1cc2[nH]c(Nc3ccc(OC(F)(F)F)cc3)nc2cc1CC(C)(C)O. The average Bonchev–Trinajstić information content (AvgIpc) is 2.88. The van der Waals surface area contributed by atoms with Crippen molar-refractivity contribution in [2.45, 2.75) is 39.2 Å². The number of ether oxygens (including phenoxy) is 1. The van der Waals surface area contributed by atoms with Crippen molar-refractivity contribution in [3.8, 4) is 5.75 Å². The van der Waals surface area contributed by atoms with E-state index in [-0.39, 0.29) is 5.75 Å². The molecule has 0 atom stereocenters. The normalized spacial score (nSPS) is 12.4. The second-order valence-electron chi connectivity index (χ2n) is 7.07. The summed E-state index contributed by atoms with van der Waals surface area (Å²) in [5.74, 6) is 0.179. The van der Waals surface area contributed by atoms with Gasteiger partial charge in [-0.05, 0) is 68.3 Å². The second kappa shape index (κ2) is 6.77. The quantitative estimate of drug-likeness (QED) is 0.594. The van der Waals surface area contributed by atoms with Crippen LogP contribution in [0, 0.1) is 6.92 Å². The molecular formula is C19H20F3N3O2. The number of benzene rings is 2. The van der Waals surface area contributed by atoms with Gasteiger partial charge in [0.1, 0.15) is 5.75 Å². The zero-order valence-electron chi connectivity index (χ0n) is 15.1. The van der Waals surface area contributed by atoms with Crippen molar-refractivity contribution < 1.29 is 23.0 Å². The van der Waals surface area contributed by atoms with Crippen LogP contribution in [-0.2, 0) is 6.42 Å². The molecule has 0 spiro atoms. The van der Waals surface area contributed by atoms with Gasteiger partial charge in [0.2, 0.25) is 5.95 Å². The Labute approximate surface area is 154 Å². The van der Waals surface area contributed by atoms with E-state index >= 15 is 0 Å². The molecule has 3 aromatic rings. The molecule has 0 aliphatic carbocycles. The molecule has 0 aliphatic rings. The fourth-order valence-corrected chi connectivity index (χ4v) is 2.80. The van der Waals surface area contributed by atoms with Crippen LogP contribution in [0.1, 0.15) is 25.0 Å². The number of aromatic nitrogens is 2. The topological polar surface area (TPSA) is 70.2 Å². The fraction of sp³-hybridized carbons (Fsp3) is 0.316. The average molecular weight is 379 g/mol. The van der Waals surface area contributed by atoms with Crippen molar-refractivity contribution in [2.75, 3.05) is 5.32 Å². The van der Waals surface area contributed by atoms with Crippen molar-refractivity contribution in [1.29, 1.82) is 0 Å². The summed E-state index contributed by atoms with van der Waals surface area (Å²) in [5.41, 5.74) is 3.34. The third-order valence-electron chi connectivity index (χ3n) is 3.91. The maximum Gasteiger partial charge on any atom is 0.573 e. The minimum atomic E-state index is -4.72. The van der Waals surface area contributed by atoms with Gasteiger partial charge >= 0.3 is 6.36 Å². The second-order valence-corrected chi connectivity index (χ2v) is 7.07. The van der Waals surface area contributed by atoms with Gasteiger partial charge in [-0.3, -0.25) is 0 Å². The number of aromatic amines is 1. The number of aliphatic hydroxyl groups is 1. The molecule has 0 aliphatic heterocycles. The number of nitrogens with zero attached hydrogens (tertiary/aromatic N) is 1. The van der Waals surface area contributed by atoms with Crippen molar-refractivity contribution >= 4 is 22.7 Å². The minimum Gasteiger partial charge on any atom is -0.406 e. The zero-order valence-corrected chi connectivity index (χ0v) is 15.1. The number of anilines is 2. The Morgan fingerprint density at radius 1 is 1.15 bits per heavy atom. The molecule has 0 unspecified atom stereocenters. The molecule has 0 amide bonds. The van der Waals surface area contributed by atoms with Crippen molar-refractivity contribution in [3.05, 3.63) is 47.5 Å². The van der Waals surface area contributed by atoms with Crippen LogP contribution in [-0.4, -0.2) is 27.0 Å². The first-order chi connectivity index (χ1) is 12.5. The summed E-state index contributed by atoms with van der Waals surface area (Å²) in [7, 11) is 0. The summed E-state index contributed by atoms with van der Waals surface area (Å²) in [6.45, 7) is 5.47. The number of rotatable bonds is 5. The van der Waals surface area contributed by atoms with Crippen LogP contribution < -0.4 is 10.1 Å². The lowest BCUT2D eigenvalue weighted by atomic mass is 9.95. The maximum atomic E-state index is 12.2. The standard InChI is InChI=1S/C19H20F3N3O2/c1-11-8-15-16(9-12(11)10-18(2,3)26)25-17(24-15)23-13-4-6-14(7-5-13)27-19(20,21)22/h4-9,26H,10H2,1-3H3,(H2,23,24,25). The molecule has 8 heteroatoms. The smallest absolute Gasteiger partial charge is 0.406 e. The Balaban J connectivity index is 1.79. The van der Waals surface area contributed by atoms with E-state index < -0.39 is 12.0 Å². The maximum absolute atomic E-state index is 12.2. The van der Waals surface area contributed by atoms with E-state index in [1.54, 1.807) is 13.8 Å². The van der Waals surface area contributed by atoms with E-state index in [1.165, 1.54) is 24.3 Å². The van der Waals surface area contributed by atoms with Gasteiger partial charge in [0.05, 0.1) is 16.6 Å². The fourth-order valence-electron chi connectivity index (χ4n) is 2.80. The molecule has 0 bridgehead atoms. The number of fused-ring (bicyclic) bond motifs is 1. The zero-order chi connectivity index (χ0) is 19.8. The summed E-state index contributed by atoms with van der Waals surface area (Å²) >= 11 is 0. The number of H-pyrrole nitrogens is 1. The lowest BCUT2D eigenvalue weighted by Gasteiger charge is -2.18. The highest BCUT2D eigenvalue weighted by Crippen LogP contribution is 2.27. The highest BCUT2D eigenvalue weighted by Gasteiger charge is 2.30. The van der Waals surface area contributed by atoms with Crippen LogP contribution >= 0.6 is 0 Å². The van der Waals surface area contributed by atoms with E-state index in [1.807, 2.05) is 19.1 Å². The molecule has 0 fully saturated rings. The van der Waals surface area contributed by atoms with E-state index in [0.717, 1.165) is 22.2 Å². The molecule has 1 heterocycles. The molecule has 0 radical (unpaired) electrons. The number of hydrogen-bond donors (Lipinski definition) is 3. The molecule has 144 valence electrons. The lowest BCUT2D eigenvalue weighted by Crippen LogP contribution is -2.22. The number of alkyl halides is 3. The molecule has 27 heavy (non-hydrogen) atoms. The van der Waals surface area contributed by atoms with Crippen LogP contribution in [0.15, 0.2) is 36.4 Å². The monoisotopic (exact) mass is 379 g/mol. The number of aryl methyl sites for hydroxylation is 1. The van der Waals surface area contributed by atoms with Gasteiger partial charge in [-0.1, -0.05) is 0 Å². The van der Waals surface area contributed by atoms with Crippen LogP contribution in [0.3, 0.4) is 0 Å². The van der Waals surface area contributed by atoms with Gasteiger partial charge < -0.3 is 20.1 Å². The van der Waals surface area contributed by atoms with Crippen LogP contribution in [0.4, 0.5) is 24.8 Å². The molecule has 3 N–H and O–H groups in total. The third kappa shape index (κ3) is 5.13. The first-order valence-electron chi connectivity index (χ1n) is 8.33. The molecule has 1 aromatic heterocycles. The Morgan fingerprint density at radius 3 is 2.41 bits per heavy atom. The van der Waals surface area contributed by atoms with Gasteiger partial charge in [0.15, 0.2) is 0 Å². The predicted molar refractivity (Wildman–Crippen MR) is 97.2 cm³/mol. The van der Waals surface area contributed by atoms with Gasteiger partial charge in [-0.15, -0.1) is 13.2 Å². The predicted octanol–water partition coefficient (Wildman–Crippen LogP) is 4.83. The summed E-state index contributed by atoms with van der Waals surface area (Å²) in [4.78, 5) is 7.59. The Hall–Kier alpha value is -2.74. The summed E-state index contributed by atoms with van der Waals surface area (Å²) < 4.78 is 40.5. The van der Waals surface area contributed by atoms with Crippen molar-refractivity contribution in [2.24, 2.45) is 0 Å². The largest absolute Gasteiger partial charge is 0.573 e. The van der Waals surface area contributed by atoms with Gasteiger partial charge in [0.25, 0.3) is 0 Å². The molecule has 3 rings (SSSR count). The van der Waals surface area contributed by atoms with Crippen LogP contribution in [0.5, 0.6) is 5.75 Å². The molecule has 0 saturated heterocycles. The molecule has 5 nitrogen and oxygen atoms in total. The summed E-state index contributed by atoms with van der Waals surface area (Å²) in [6.07, 6.45) is -4.21. The van der Waals surface area contributed by atoms with Crippen LogP contribution in [0.25, 0.3) is 11.0 Å². The number of nitrogens with one attached hydrogen (secondary N) is 2. The number of imidazole rings is 1. The van der Waals surface area contributed by atoms with Crippen LogP contribution in [0.2, 0.25) is 0 Å². The first-order valence-corrected chi connectivity index (χ1v) is 8.33. The van der Waals surface area contributed by atoms with Gasteiger partial charge in [0, 0.05) is 12.1 Å². The van der Waals surface area contributed by atoms with E-state index in [2.05, 4.69) is 20.0 Å². The minimum absolute atomic E-state index is 0.287. The molecule has 0 saturated carbocycles. The van der Waals surface area contributed by atoms with E-state index in [9.17, 15) is 18.3 Å². The van der Waals surface area contributed by atoms with E-state index in [0.29, 0.717) is 18.1 Å². The van der Waals surface area contributed by atoms with Crippen molar-refractivity contribution in [3.63, 3.8) is 0 Å². The van der Waals surface area contributed by atoms with E-state index in [4.69, 9.17) is 0 Å². The Morgan fingerprint density at radius 2 is 1.81 bits per heavy atom. The molecular weight excluding hydrogens is 359 g/mol. The summed E-state index contributed by atoms with van der Waals surface area (Å²) in [5, 5.41) is 13.1.